The Kier molecular flexibility index (Phi) is 5.03. The van der Waals surface area contributed by atoms with Gasteiger partial charge in [0, 0.05) is 34.0 Å². The molecule has 0 saturated heterocycles. The molecule has 0 aliphatic rings. The van der Waals surface area contributed by atoms with Crippen molar-refractivity contribution in [2.75, 3.05) is 4.72 Å². The Bertz CT molecular complexity index is 731. The van der Waals surface area contributed by atoms with Gasteiger partial charge in [-0.1, -0.05) is 36.4 Å². The van der Waals surface area contributed by atoms with Gasteiger partial charge in [-0.05, 0) is 58.7 Å². The van der Waals surface area contributed by atoms with Crippen LogP contribution in [-0.4, -0.2) is 4.98 Å². The van der Waals surface area contributed by atoms with E-state index in [4.69, 9.17) is 0 Å². The van der Waals surface area contributed by atoms with Gasteiger partial charge in [0.25, 0.3) is 0 Å². The molecule has 1 N–H and O–H groups in total. The van der Waals surface area contributed by atoms with Crippen molar-refractivity contribution in [2.24, 2.45) is 0 Å². The quantitative estimate of drug-likeness (QED) is 0.472. The number of rotatable bonds is 5. The third-order valence-corrected chi connectivity index (χ3v) is 5.17. The number of hydrogen-bond acceptors (Lipinski definition) is 4. The first-order valence-corrected chi connectivity index (χ1v) is 9.13. The first kappa shape index (κ1) is 15.0. The van der Waals surface area contributed by atoms with Crippen LogP contribution in [0.15, 0.2) is 78.0 Å². The van der Waals surface area contributed by atoms with Gasteiger partial charge in [0.15, 0.2) is 0 Å². The zero-order valence-corrected chi connectivity index (χ0v) is 13.8. The molecule has 0 amide bonds. The van der Waals surface area contributed by atoms with E-state index in [0.717, 1.165) is 10.6 Å². The Morgan fingerprint density at radius 1 is 0.955 bits per heavy atom. The molecule has 0 aliphatic heterocycles. The highest BCUT2D eigenvalue weighted by atomic mass is 33.1. The number of aromatic nitrogens is 1. The SMILES string of the molecule is Cc1ccc(NSSc2cccnc2)cc1-c1ccccc1. The van der Waals surface area contributed by atoms with Crippen molar-refractivity contribution in [3.05, 3.63) is 78.6 Å². The highest BCUT2D eigenvalue weighted by molar-refractivity contribution is 8.77. The van der Waals surface area contributed by atoms with Crippen LogP contribution < -0.4 is 4.72 Å². The molecule has 4 heteroatoms. The zero-order chi connectivity index (χ0) is 15.2. The summed E-state index contributed by atoms with van der Waals surface area (Å²) in [4.78, 5) is 5.25. The smallest absolute Gasteiger partial charge is 0.0454 e. The monoisotopic (exact) mass is 324 g/mol. The molecule has 2 aromatic carbocycles. The molecule has 3 aromatic rings. The lowest BCUT2D eigenvalue weighted by Gasteiger charge is -2.10. The van der Waals surface area contributed by atoms with E-state index in [1.807, 2.05) is 18.3 Å². The number of pyridine rings is 1. The van der Waals surface area contributed by atoms with Crippen molar-refractivity contribution in [2.45, 2.75) is 11.8 Å². The maximum atomic E-state index is 4.11. The molecular weight excluding hydrogens is 308 g/mol. The van der Waals surface area contributed by atoms with Crippen LogP contribution in [0.3, 0.4) is 0 Å². The Morgan fingerprint density at radius 2 is 1.82 bits per heavy atom. The van der Waals surface area contributed by atoms with Gasteiger partial charge >= 0.3 is 0 Å². The summed E-state index contributed by atoms with van der Waals surface area (Å²) in [6, 6.07) is 20.9. The summed E-state index contributed by atoms with van der Waals surface area (Å²) in [5.41, 5.74) is 4.89. The van der Waals surface area contributed by atoms with Crippen molar-refractivity contribution in [3.8, 4) is 11.1 Å². The average molecular weight is 324 g/mol. The third-order valence-electron chi connectivity index (χ3n) is 3.25. The minimum absolute atomic E-state index is 1.10. The van der Waals surface area contributed by atoms with E-state index < -0.39 is 0 Å². The van der Waals surface area contributed by atoms with Gasteiger partial charge in [-0.25, -0.2) is 0 Å². The lowest BCUT2D eigenvalue weighted by Crippen LogP contribution is -1.88. The van der Waals surface area contributed by atoms with E-state index in [9.17, 15) is 0 Å². The normalized spacial score (nSPS) is 10.4. The van der Waals surface area contributed by atoms with Crippen LogP contribution in [0.25, 0.3) is 11.1 Å². The van der Waals surface area contributed by atoms with E-state index in [1.165, 1.54) is 16.7 Å². The van der Waals surface area contributed by atoms with Crippen molar-refractivity contribution in [1.82, 2.24) is 4.98 Å². The summed E-state index contributed by atoms with van der Waals surface area (Å²) in [5, 5.41) is 0. The summed E-state index contributed by atoms with van der Waals surface area (Å²) in [5.74, 6) is 0. The van der Waals surface area contributed by atoms with Gasteiger partial charge < -0.3 is 4.72 Å². The molecule has 0 unspecified atom stereocenters. The summed E-state index contributed by atoms with van der Waals surface area (Å²) in [7, 11) is 3.26. The predicted molar refractivity (Wildman–Crippen MR) is 97.9 cm³/mol. The van der Waals surface area contributed by atoms with Crippen molar-refractivity contribution in [1.29, 1.82) is 0 Å². The topological polar surface area (TPSA) is 24.9 Å². The minimum Gasteiger partial charge on any atom is -0.320 e. The number of aryl methyl sites for hydroxylation is 1. The van der Waals surface area contributed by atoms with E-state index in [1.54, 1.807) is 28.0 Å². The minimum atomic E-state index is 1.10. The summed E-state index contributed by atoms with van der Waals surface area (Å²) >= 11 is 0. The summed E-state index contributed by atoms with van der Waals surface area (Å²) in [6.45, 7) is 2.14. The fourth-order valence-corrected chi connectivity index (χ4v) is 3.72. The number of benzene rings is 2. The Morgan fingerprint density at radius 3 is 2.59 bits per heavy atom. The van der Waals surface area contributed by atoms with Crippen LogP contribution in [0.1, 0.15) is 5.56 Å². The highest BCUT2D eigenvalue weighted by Gasteiger charge is 2.03. The second kappa shape index (κ2) is 7.38. The lowest BCUT2D eigenvalue weighted by molar-refractivity contribution is 1.24. The molecule has 0 radical (unpaired) electrons. The number of hydrogen-bond donors (Lipinski definition) is 1. The van der Waals surface area contributed by atoms with Crippen LogP contribution >= 0.6 is 21.8 Å². The second-order valence-corrected chi connectivity index (χ2v) is 6.86. The Hall–Kier alpha value is -1.91. The summed E-state index contributed by atoms with van der Waals surface area (Å²) in [6.07, 6.45) is 3.65. The van der Waals surface area contributed by atoms with Crippen LogP contribution in [0.2, 0.25) is 0 Å². The lowest BCUT2D eigenvalue weighted by atomic mass is 10.0. The molecule has 110 valence electrons. The van der Waals surface area contributed by atoms with Crippen molar-refractivity contribution < 1.29 is 0 Å². The van der Waals surface area contributed by atoms with Gasteiger partial charge in [-0.3, -0.25) is 4.98 Å². The fraction of sp³-hybridized carbons (Fsp3) is 0.0556. The molecule has 2 nitrogen and oxygen atoms in total. The molecule has 1 aromatic heterocycles. The van der Waals surface area contributed by atoms with Gasteiger partial charge in [0.05, 0.1) is 0 Å². The molecule has 0 saturated carbocycles. The van der Waals surface area contributed by atoms with Gasteiger partial charge in [-0.2, -0.15) is 0 Å². The molecule has 0 aliphatic carbocycles. The van der Waals surface area contributed by atoms with E-state index in [0.29, 0.717) is 0 Å². The van der Waals surface area contributed by atoms with E-state index in [2.05, 4.69) is 65.2 Å². The molecule has 1 heterocycles. The highest BCUT2D eigenvalue weighted by Crippen LogP contribution is 2.33. The van der Waals surface area contributed by atoms with Crippen LogP contribution in [-0.2, 0) is 0 Å². The fourth-order valence-electron chi connectivity index (χ4n) is 2.13. The second-order valence-electron chi connectivity index (χ2n) is 4.85. The van der Waals surface area contributed by atoms with Crippen LogP contribution in [0, 0.1) is 6.92 Å². The first-order chi connectivity index (χ1) is 10.8. The third kappa shape index (κ3) is 3.84. The predicted octanol–water partition coefficient (Wildman–Crippen LogP) is 5.82. The van der Waals surface area contributed by atoms with E-state index in [-0.39, 0.29) is 0 Å². The standard InChI is InChI=1S/C18H16N2S2/c1-14-9-10-16(12-18(14)15-6-3-2-4-7-15)20-22-21-17-8-5-11-19-13-17/h2-13,20H,1H3. The van der Waals surface area contributed by atoms with Crippen LogP contribution in [0.5, 0.6) is 0 Å². The Labute approximate surface area is 138 Å². The molecule has 0 bridgehead atoms. The van der Waals surface area contributed by atoms with Gasteiger partial charge in [-0.15, -0.1) is 0 Å². The zero-order valence-electron chi connectivity index (χ0n) is 12.2. The molecule has 0 fully saturated rings. The molecule has 3 rings (SSSR count). The largest absolute Gasteiger partial charge is 0.320 e. The van der Waals surface area contributed by atoms with E-state index >= 15 is 0 Å². The van der Waals surface area contributed by atoms with Crippen molar-refractivity contribution in [3.63, 3.8) is 0 Å². The first-order valence-electron chi connectivity index (χ1n) is 6.98. The van der Waals surface area contributed by atoms with Gasteiger partial charge in [0.2, 0.25) is 0 Å². The Balaban J connectivity index is 1.70. The number of nitrogens with one attached hydrogen (secondary N) is 1. The number of nitrogens with zero attached hydrogens (tertiary/aromatic N) is 1. The van der Waals surface area contributed by atoms with Crippen LogP contribution in [0.4, 0.5) is 5.69 Å². The maximum absolute atomic E-state index is 4.11. The molecule has 0 atom stereocenters. The average Bonchev–Trinajstić information content (AvgIpc) is 2.58. The molecule has 0 spiro atoms. The van der Waals surface area contributed by atoms with Crippen molar-refractivity contribution >= 4 is 27.5 Å². The maximum Gasteiger partial charge on any atom is 0.0454 e. The summed E-state index contributed by atoms with van der Waals surface area (Å²) < 4.78 is 3.38. The van der Waals surface area contributed by atoms with Gasteiger partial charge in [0.1, 0.15) is 0 Å². The molecule has 22 heavy (non-hydrogen) atoms. The number of anilines is 1. The molecular formula is C18H16N2S2.